The summed E-state index contributed by atoms with van der Waals surface area (Å²) in [4.78, 5) is 23.5. The highest BCUT2D eigenvalue weighted by Crippen LogP contribution is 2.30. The van der Waals surface area contributed by atoms with Crippen LogP contribution in [0.1, 0.15) is 40.0 Å². The minimum atomic E-state index is 0.190. The summed E-state index contributed by atoms with van der Waals surface area (Å²) in [5.41, 5.74) is 2.64. The highest BCUT2D eigenvalue weighted by atomic mass is 16.5. The van der Waals surface area contributed by atoms with Crippen molar-refractivity contribution in [3.05, 3.63) is 36.8 Å². The molecular formula is C23H30N6O2. The molecule has 8 heteroatoms. The fourth-order valence-corrected chi connectivity index (χ4v) is 3.91. The van der Waals surface area contributed by atoms with Gasteiger partial charge >= 0.3 is 0 Å². The molecular weight excluding hydrogens is 392 g/mol. The third-order valence-corrected chi connectivity index (χ3v) is 5.70. The first-order valence-corrected chi connectivity index (χ1v) is 10.7. The summed E-state index contributed by atoms with van der Waals surface area (Å²) in [5, 5.41) is 7.84. The minimum absolute atomic E-state index is 0.190. The van der Waals surface area contributed by atoms with Gasteiger partial charge in [-0.25, -0.2) is 14.5 Å². The van der Waals surface area contributed by atoms with Gasteiger partial charge in [-0.2, -0.15) is 5.10 Å². The summed E-state index contributed by atoms with van der Waals surface area (Å²) in [6.07, 6.45) is 7.84. The van der Waals surface area contributed by atoms with E-state index in [-0.39, 0.29) is 17.4 Å². The Morgan fingerprint density at radius 3 is 2.87 bits per heavy atom. The topological polar surface area (TPSA) is 84.7 Å². The average molecular weight is 423 g/mol. The van der Waals surface area contributed by atoms with Crippen LogP contribution in [0.3, 0.4) is 0 Å². The monoisotopic (exact) mass is 422 g/mol. The molecule has 3 aromatic heterocycles. The summed E-state index contributed by atoms with van der Waals surface area (Å²) in [6.45, 7) is 8.11. The number of likely N-dealkylation sites (tertiary alicyclic amines) is 1. The normalized spacial score (nSPS) is 16.8. The first kappa shape index (κ1) is 21.1. The number of pyridine rings is 1. The molecule has 1 aliphatic rings. The lowest BCUT2D eigenvalue weighted by Gasteiger charge is -2.28. The van der Waals surface area contributed by atoms with Crippen molar-refractivity contribution < 1.29 is 9.53 Å². The van der Waals surface area contributed by atoms with E-state index in [1.165, 1.54) is 0 Å². The fraction of sp³-hybridized carbons (Fsp3) is 0.478. The number of hydrogen-bond acceptors (Lipinski definition) is 6. The molecule has 1 saturated heterocycles. The van der Waals surface area contributed by atoms with Crippen molar-refractivity contribution in [3.8, 4) is 17.0 Å². The van der Waals surface area contributed by atoms with E-state index < -0.39 is 0 Å². The van der Waals surface area contributed by atoms with Gasteiger partial charge in [0.25, 0.3) is 0 Å². The Kier molecular flexibility index (Phi) is 5.80. The van der Waals surface area contributed by atoms with Crippen LogP contribution in [0.2, 0.25) is 0 Å². The maximum Gasteiger partial charge on any atom is 0.222 e. The lowest BCUT2D eigenvalue weighted by atomic mass is 9.92. The van der Waals surface area contributed by atoms with Crippen LogP contribution in [0.5, 0.6) is 5.88 Å². The zero-order chi connectivity index (χ0) is 22.0. The number of fused-ring (bicyclic) bond motifs is 1. The third kappa shape index (κ3) is 4.62. The van der Waals surface area contributed by atoms with Crippen LogP contribution in [0.25, 0.3) is 16.8 Å². The number of ether oxygens (including phenoxy) is 1. The highest BCUT2D eigenvalue weighted by Gasteiger charge is 2.31. The Balaban J connectivity index is 1.51. The number of anilines is 1. The summed E-state index contributed by atoms with van der Waals surface area (Å²) in [5.74, 6) is 1.55. The number of nitrogens with zero attached hydrogens (tertiary/aromatic N) is 5. The predicted molar refractivity (Wildman–Crippen MR) is 120 cm³/mol. The Labute approximate surface area is 182 Å². The number of amides is 1. The molecule has 164 valence electrons. The Morgan fingerprint density at radius 1 is 1.26 bits per heavy atom. The van der Waals surface area contributed by atoms with Crippen LogP contribution in [0.4, 0.5) is 5.82 Å². The number of aromatic nitrogens is 4. The average Bonchev–Trinajstić information content (AvgIpc) is 3.32. The molecule has 4 heterocycles. The fourth-order valence-electron chi connectivity index (χ4n) is 3.91. The van der Waals surface area contributed by atoms with Crippen molar-refractivity contribution in [2.75, 3.05) is 25.5 Å². The van der Waals surface area contributed by atoms with E-state index in [2.05, 4.69) is 36.2 Å². The van der Waals surface area contributed by atoms with E-state index >= 15 is 0 Å². The van der Waals surface area contributed by atoms with Gasteiger partial charge in [-0.05, 0) is 36.5 Å². The molecule has 0 bridgehead atoms. The number of carbonyl (C=O) groups excluding carboxylic acids is 1. The molecule has 1 atom stereocenters. The second kappa shape index (κ2) is 8.53. The van der Waals surface area contributed by atoms with Crippen LogP contribution < -0.4 is 10.1 Å². The Morgan fingerprint density at radius 2 is 2.10 bits per heavy atom. The molecule has 0 spiro atoms. The van der Waals surface area contributed by atoms with E-state index in [1.807, 2.05) is 29.3 Å². The zero-order valence-electron chi connectivity index (χ0n) is 18.6. The van der Waals surface area contributed by atoms with E-state index in [4.69, 9.17) is 9.72 Å². The molecule has 0 radical (unpaired) electrons. The van der Waals surface area contributed by atoms with Gasteiger partial charge in [0, 0.05) is 43.5 Å². The van der Waals surface area contributed by atoms with Gasteiger partial charge in [0.2, 0.25) is 11.8 Å². The minimum Gasteiger partial charge on any atom is -0.481 e. The van der Waals surface area contributed by atoms with Crippen molar-refractivity contribution in [1.82, 2.24) is 24.5 Å². The smallest absolute Gasteiger partial charge is 0.222 e. The van der Waals surface area contributed by atoms with E-state index in [0.717, 1.165) is 42.0 Å². The predicted octanol–water partition coefficient (Wildman–Crippen LogP) is 3.64. The standard InChI is InChI=1S/C23H30N6O2/c1-23(2,3)10-13-28-16(7-8-20(28)30)14-25-19-9-12-29-21(27-19)18(15-26-29)17-6-5-11-24-22(17)31-4/h5-6,9,11-12,15-16H,7-8,10,13-14H2,1-4H3,(H,25,27)/t16-/m0/s1. The van der Waals surface area contributed by atoms with Gasteiger partial charge in [-0.15, -0.1) is 0 Å². The van der Waals surface area contributed by atoms with E-state index in [9.17, 15) is 4.79 Å². The molecule has 1 aliphatic heterocycles. The van der Waals surface area contributed by atoms with Gasteiger partial charge in [-0.3, -0.25) is 4.79 Å². The largest absolute Gasteiger partial charge is 0.481 e. The Hall–Kier alpha value is -3.16. The molecule has 1 fully saturated rings. The molecule has 0 aromatic carbocycles. The van der Waals surface area contributed by atoms with Gasteiger partial charge in [0.1, 0.15) is 5.82 Å². The maximum absolute atomic E-state index is 12.4. The second-order valence-electron chi connectivity index (χ2n) is 9.17. The van der Waals surface area contributed by atoms with E-state index in [1.54, 1.807) is 24.0 Å². The molecule has 0 unspecified atom stereocenters. The van der Waals surface area contributed by atoms with Crippen molar-refractivity contribution in [3.63, 3.8) is 0 Å². The van der Waals surface area contributed by atoms with E-state index in [0.29, 0.717) is 18.8 Å². The molecule has 31 heavy (non-hydrogen) atoms. The molecule has 1 amide bonds. The first-order chi connectivity index (χ1) is 14.9. The number of hydrogen-bond donors (Lipinski definition) is 1. The molecule has 3 aromatic rings. The molecule has 8 nitrogen and oxygen atoms in total. The molecule has 0 saturated carbocycles. The van der Waals surface area contributed by atoms with Gasteiger partial charge in [0.15, 0.2) is 5.65 Å². The summed E-state index contributed by atoms with van der Waals surface area (Å²) < 4.78 is 7.14. The number of nitrogens with one attached hydrogen (secondary N) is 1. The number of carbonyl (C=O) groups is 1. The zero-order valence-corrected chi connectivity index (χ0v) is 18.6. The van der Waals surface area contributed by atoms with Gasteiger partial charge in [0.05, 0.1) is 18.9 Å². The molecule has 4 rings (SSSR count). The SMILES string of the molecule is COc1ncccc1-c1cnn2ccc(NC[C@@H]3CCC(=O)N3CCC(C)(C)C)nc12. The lowest BCUT2D eigenvalue weighted by molar-refractivity contribution is -0.129. The Bertz CT molecular complexity index is 1070. The van der Waals surface area contributed by atoms with Crippen LogP contribution in [-0.2, 0) is 4.79 Å². The van der Waals surface area contributed by atoms with Crippen LogP contribution in [0.15, 0.2) is 36.8 Å². The summed E-state index contributed by atoms with van der Waals surface area (Å²) >= 11 is 0. The van der Waals surface area contributed by atoms with Crippen LogP contribution >= 0.6 is 0 Å². The van der Waals surface area contributed by atoms with Gasteiger partial charge < -0.3 is 15.0 Å². The third-order valence-electron chi connectivity index (χ3n) is 5.70. The van der Waals surface area contributed by atoms with Crippen LogP contribution in [0, 0.1) is 5.41 Å². The second-order valence-corrected chi connectivity index (χ2v) is 9.17. The van der Waals surface area contributed by atoms with Crippen molar-refractivity contribution in [2.45, 2.75) is 46.1 Å². The number of methoxy groups -OCH3 is 1. The maximum atomic E-state index is 12.4. The summed E-state index contributed by atoms with van der Waals surface area (Å²) in [7, 11) is 1.60. The lowest BCUT2D eigenvalue weighted by Crippen LogP contribution is -2.39. The quantitative estimate of drug-likeness (QED) is 0.626. The summed E-state index contributed by atoms with van der Waals surface area (Å²) in [6, 6.07) is 5.91. The van der Waals surface area contributed by atoms with Crippen molar-refractivity contribution in [2.24, 2.45) is 5.41 Å². The van der Waals surface area contributed by atoms with Crippen molar-refractivity contribution in [1.29, 1.82) is 0 Å². The molecule has 1 N–H and O–H groups in total. The first-order valence-electron chi connectivity index (χ1n) is 10.7. The van der Waals surface area contributed by atoms with Crippen LogP contribution in [-0.4, -0.2) is 56.6 Å². The molecule has 0 aliphatic carbocycles. The van der Waals surface area contributed by atoms with Gasteiger partial charge in [-0.1, -0.05) is 20.8 Å². The number of rotatable bonds is 7. The van der Waals surface area contributed by atoms with Crippen molar-refractivity contribution >= 4 is 17.4 Å². The highest BCUT2D eigenvalue weighted by molar-refractivity contribution is 5.81.